The molecule has 0 atom stereocenters. The first-order chi connectivity index (χ1) is 15.0. The van der Waals surface area contributed by atoms with Crippen LogP contribution in [-0.4, -0.2) is 51.3 Å². The Morgan fingerprint density at radius 1 is 1.00 bits per heavy atom. The number of hydrogen-bond donors (Lipinski definition) is 2. The van der Waals surface area contributed by atoms with Crippen LogP contribution in [0.1, 0.15) is 36.1 Å². The van der Waals surface area contributed by atoms with E-state index in [1.54, 1.807) is 0 Å². The van der Waals surface area contributed by atoms with E-state index in [2.05, 4.69) is 85.9 Å². The zero-order chi connectivity index (χ0) is 22.5. The highest BCUT2D eigenvalue weighted by Crippen LogP contribution is 2.20. The predicted octanol–water partition coefficient (Wildman–Crippen LogP) is 4.35. The summed E-state index contributed by atoms with van der Waals surface area (Å²) >= 11 is 0. The highest BCUT2D eigenvalue weighted by molar-refractivity contribution is 14.0. The Balaban J connectivity index is 0.00000512. The van der Waals surface area contributed by atoms with Gasteiger partial charge in [0.1, 0.15) is 12.4 Å². The topological polar surface area (TPSA) is 58.1 Å². The van der Waals surface area contributed by atoms with Gasteiger partial charge in [-0.3, -0.25) is 0 Å². The molecule has 0 spiro atoms. The van der Waals surface area contributed by atoms with Crippen LogP contribution in [0.5, 0.6) is 5.75 Å². The summed E-state index contributed by atoms with van der Waals surface area (Å²) in [7, 11) is 4.16. The van der Waals surface area contributed by atoms with E-state index >= 15 is 0 Å². The van der Waals surface area contributed by atoms with Crippen molar-refractivity contribution in [1.82, 2.24) is 15.5 Å². The molecule has 2 aromatic rings. The molecular weight excluding hydrogens is 515 g/mol. The number of benzene rings is 2. The number of nitrogens with zero attached hydrogens (tertiary/aromatic N) is 2. The van der Waals surface area contributed by atoms with Crippen LogP contribution in [0.2, 0.25) is 0 Å². The SMILES string of the molecule is CCNC(=NCc1cccc(CN(C)C)c1)NCc1ccc(C)cc1OCCOCC.I. The molecule has 0 aliphatic rings. The molecule has 2 aromatic carbocycles. The van der Waals surface area contributed by atoms with Crippen molar-refractivity contribution in [2.75, 3.05) is 40.5 Å². The number of ether oxygens (including phenoxy) is 2. The third kappa shape index (κ3) is 10.7. The molecule has 0 saturated carbocycles. The Morgan fingerprint density at radius 3 is 2.50 bits per heavy atom. The molecule has 0 saturated heterocycles. The van der Waals surface area contributed by atoms with Crippen LogP contribution >= 0.6 is 24.0 Å². The number of aliphatic imine (C=N–C) groups is 1. The summed E-state index contributed by atoms with van der Waals surface area (Å²) < 4.78 is 11.3. The minimum absolute atomic E-state index is 0. The number of guanidine groups is 1. The molecule has 0 aliphatic heterocycles. The van der Waals surface area contributed by atoms with Crippen LogP contribution in [-0.2, 0) is 24.4 Å². The molecule has 2 rings (SSSR count). The molecule has 0 fully saturated rings. The fourth-order valence-electron chi connectivity index (χ4n) is 3.18. The molecular formula is C25H39IN4O2. The van der Waals surface area contributed by atoms with Crippen molar-refractivity contribution in [3.8, 4) is 5.75 Å². The quantitative estimate of drug-likeness (QED) is 0.177. The van der Waals surface area contributed by atoms with Gasteiger partial charge >= 0.3 is 0 Å². The lowest BCUT2D eigenvalue weighted by molar-refractivity contribution is 0.110. The van der Waals surface area contributed by atoms with Crippen molar-refractivity contribution in [3.05, 3.63) is 64.7 Å². The van der Waals surface area contributed by atoms with Crippen LogP contribution in [0.3, 0.4) is 0 Å². The van der Waals surface area contributed by atoms with E-state index in [1.165, 1.54) is 16.7 Å². The van der Waals surface area contributed by atoms with E-state index in [0.29, 0.717) is 32.9 Å². The predicted molar refractivity (Wildman–Crippen MR) is 144 cm³/mol. The van der Waals surface area contributed by atoms with Crippen molar-refractivity contribution in [2.45, 2.75) is 40.4 Å². The van der Waals surface area contributed by atoms with Crippen LogP contribution < -0.4 is 15.4 Å². The first-order valence-corrected chi connectivity index (χ1v) is 11.1. The minimum atomic E-state index is 0. The molecule has 6 nitrogen and oxygen atoms in total. The number of halogens is 1. The van der Waals surface area contributed by atoms with Gasteiger partial charge in [-0.1, -0.05) is 36.4 Å². The Morgan fingerprint density at radius 2 is 1.78 bits per heavy atom. The first-order valence-electron chi connectivity index (χ1n) is 11.1. The van der Waals surface area contributed by atoms with Crippen molar-refractivity contribution < 1.29 is 9.47 Å². The summed E-state index contributed by atoms with van der Waals surface area (Å²) in [6.45, 7) is 11.0. The lowest BCUT2D eigenvalue weighted by atomic mass is 10.1. The van der Waals surface area contributed by atoms with E-state index in [4.69, 9.17) is 14.5 Å². The van der Waals surface area contributed by atoms with Crippen LogP contribution in [0, 0.1) is 6.92 Å². The maximum absolute atomic E-state index is 5.96. The van der Waals surface area contributed by atoms with Gasteiger partial charge in [0.2, 0.25) is 0 Å². The summed E-state index contributed by atoms with van der Waals surface area (Å²) in [5, 5.41) is 6.77. The summed E-state index contributed by atoms with van der Waals surface area (Å²) in [6.07, 6.45) is 0. The zero-order valence-corrected chi connectivity index (χ0v) is 22.4. The van der Waals surface area contributed by atoms with Crippen molar-refractivity contribution in [2.24, 2.45) is 4.99 Å². The van der Waals surface area contributed by atoms with Gasteiger partial charge in [-0.05, 0) is 57.6 Å². The molecule has 0 radical (unpaired) electrons. The summed E-state index contributed by atoms with van der Waals surface area (Å²) in [4.78, 5) is 6.94. The number of nitrogens with one attached hydrogen (secondary N) is 2. The lowest BCUT2D eigenvalue weighted by Crippen LogP contribution is -2.36. The van der Waals surface area contributed by atoms with E-state index in [-0.39, 0.29) is 24.0 Å². The van der Waals surface area contributed by atoms with Crippen molar-refractivity contribution in [1.29, 1.82) is 0 Å². The second-order valence-electron chi connectivity index (χ2n) is 7.76. The molecule has 2 N–H and O–H groups in total. The average Bonchev–Trinajstić information content (AvgIpc) is 2.74. The second-order valence-corrected chi connectivity index (χ2v) is 7.76. The molecule has 32 heavy (non-hydrogen) atoms. The Hall–Kier alpha value is -1.84. The molecule has 7 heteroatoms. The van der Waals surface area contributed by atoms with Gasteiger partial charge in [-0.15, -0.1) is 24.0 Å². The molecule has 0 heterocycles. The third-order valence-electron chi connectivity index (χ3n) is 4.61. The third-order valence-corrected chi connectivity index (χ3v) is 4.61. The minimum Gasteiger partial charge on any atom is -0.491 e. The second kappa shape index (κ2) is 15.9. The Bertz CT molecular complexity index is 827. The molecule has 0 unspecified atom stereocenters. The van der Waals surface area contributed by atoms with Gasteiger partial charge in [-0.2, -0.15) is 0 Å². The van der Waals surface area contributed by atoms with E-state index in [0.717, 1.165) is 30.4 Å². The standard InChI is InChI=1S/C25H38N4O2.HI/c1-6-26-25(27-17-21-9-8-10-22(16-21)19-29(4)5)28-18-23-12-11-20(3)15-24(23)31-14-13-30-7-2;/h8-12,15-16H,6-7,13-14,17-19H2,1-5H3,(H2,26,27,28);1H. The highest BCUT2D eigenvalue weighted by Gasteiger charge is 2.06. The number of hydrogen-bond acceptors (Lipinski definition) is 4. The van der Waals surface area contributed by atoms with Crippen LogP contribution in [0.4, 0.5) is 0 Å². The van der Waals surface area contributed by atoms with Crippen molar-refractivity contribution in [3.63, 3.8) is 0 Å². The molecule has 0 bridgehead atoms. The number of aryl methyl sites for hydroxylation is 1. The van der Waals surface area contributed by atoms with Gasteiger partial charge in [0.15, 0.2) is 5.96 Å². The van der Waals surface area contributed by atoms with Crippen LogP contribution in [0.15, 0.2) is 47.5 Å². The van der Waals surface area contributed by atoms with Crippen LogP contribution in [0.25, 0.3) is 0 Å². The van der Waals surface area contributed by atoms with Gasteiger partial charge in [0.25, 0.3) is 0 Å². The fourth-order valence-corrected chi connectivity index (χ4v) is 3.18. The molecule has 0 aliphatic carbocycles. The fraction of sp³-hybridized carbons (Fsp3) is 0.480. The van der Waals surface area contributed by atoms with E-state index < -0.39 is 0 Å². The van der Waals surface area contributed by atoms with Gasteiger partial charge < -0.3 is 25.0 Å². The Kier molecular flexibility index (Phi) is 14.0. The Labute approximate surface area is 210 Å². The largest absolute Gasteiger partial charge is 0.491 e. The zero-order valence-electron chi connectivity index (χ0n) is 20.1. The van der Waals surface area contributed by atoms with Gasteiger partial charge in [0.05, 0.1) is 13.2 Å². The smallest absolute Gasteiger partial charge is 0.191 e. The normalized spacial score (nSPS) is 11.2. The number of rotatable bonds is 12. The highest BCUT2D eigenvalue weighted by atomic mass is 127. The maximum atomic E-state index is 5.96. The molecule has 0 aromatic heterocycles. The van der Waals surface area contributed by atoms with Gasteiger partial charge in [0, 0.05) is 31.8 Å². The molecule has 178 valence electrons. The monoisotopic (exact) mass is 554 g/mol. The average molecular weight is 555 g/mol. The summed E-state index contributed by atoms with van der Waals surface area (Å²) in [5.74, 6) is 1.68. The lowest BCUT2D eigenvalue weighted by Gasteiger charge is -2.15. The summed E-state index contributed by atoms with van der Waals surface area (Å²) in [6, 6.07) is 14.9. The first kappa shape index (κ1) is 28.2. The van der Waals surface area contributed by atoms with Crippen molar-refractivity contribution >= 4 is 29.9 Å². The van der Waals surface area contributed by atoms with Gasteiger partial charge in [-0.25, -0.2) is 4.99 Å². The molecule has 0 amide bonds. The van der Waals surface area contributed by atoms with E-state index in [1.807, 2.05) is 6.92 Å². The maximum Gasteiger partial charge on any atom is 0.191 e. The van der Waals surface area contributed by atoms with E-state index in [9.17, 15) is 0 Å². The summed E-state index contributed by atoms with van der Waals surface area (Å²) in [5.41, 5.74) is 4.77.